The molecule has 128 valence electrons. The second-order valence-corrected chi connectivity index (χ2v) is 9.53. The van der Waals surface area contributed by atoms with Crippen molar-refractivity contribution in [2.75, 3.05) is 0 Å². The van der Waals surface area contributed by atoms with Gasteiger partial charge in [0.05, 0.1) is 11.0 Å². The standard InChI is InChI=1S/C20H30O3/c1-13-11-19-9-5-14-17(2,7-4-8-18(14,3)16(21)22)15(19)6-10-20(13,23)12-19/h11,14-15,23H,4-10,12H2,1-3H3,(H,21,22)/t14-,15-,17+,18+,19+,20-/m0/s1. The largest absolute Gasteiger partial charge is 0.481 e. The van der Waals surface area contributed by atoms with Gasteiger partial charge in [-0.15, -0.1) is 0 Å². The Kier molecular flexibility index (Phi) is 3.01. The van der Waals surface area contributed by atoms with E-state index in [4.69, 9.17) is 0 Å². The average molecular weight is 318 g/mol. The van der Waals surface area contributed by atoms with Crippen molar-refractivity contribution in [1.82, 2.24) is 0 Å². The van der Waals surface area contributed by atoms with Crippen molar-refractivity contribution in [3.8, 4) is 0 Å². The van der Waals surface area contributed by atoms with Gasteiger partial charge in [0.25, 0.3) is 0 Å². The van der Waals surface area contributed by atoms with Crippen molar-refractivity contribution in [3.05, 3.63) is 11.6 Å². The summed E-state index contributed by atoms with van der Waals surface area (Å²) in [4.78, 5) is 12.0. The molecule has 6 atom stereocenters. The lowest BCUT2D eigenvalue weighted by Gasteiger charge is -2.63. The van der Waals surface area contributed by atoms with Gasteiger partial charge in [0.15, 0.2) is 0 Å². The van der Waals surface area contributed by atoms with E-state index in [0.29, 0.717) is 5.92 Å². The molecule has 3 fully saturated rings. The minimum Gasteiger partial charge on any atom is -0.481 e. The Morgan fingerprint density at radius 2 is 1.83 bits per heavy atom. The number of rotatable bonds is 1. The topological polar surface area (TPSA) is 57.5 Å². The van der Waals surface area contributed by atoms with Gasteiger partial charge in [0, 0.05) is 0 Å². The summed E-state index contributed by atoms with van der Waals surface area (Å²) < 4.78 is 0. The SMILES string of the molecule is CC1=C[C@@]23CC[C@H]4[C@@](C)(CCC[C@@]4(C)C(=O)O)[C@@H]2CC[C@]1(O)C3. The van der Waals surface area contributed by atoms with Crippen LogP contribution in [0, 0.1) is 28.1 Å². The Hall–Kier alpha value is -0.830. The Labute approximate surface area is 139 Å². The van der Waals surface area contributed by atoms with Crippen LogP contribution in [-0.4, -0.2) is 21.8 Å². The van der Waals surface area contributed by atoms with Crippen LogP contribution in [0.25, 0.3) is 0 Å². The molecule has 23 heavy (non-hydrogen) atoms. The lowest BCUT2D eigenvalue weighted by molar-refractivity contribution is -0.182. The van der Waals surface area contributed by atoms with Crippen molar-refractivity contribution in [1.29, 1.82) is 0 Å². The smallest absolute Gasteiger partial charge is 0.309 e. The summed E-state index contributed by atoms with van der Waals surface area (Å²) in [6.07, 6.45) is 10.2. The number of carbonyl (C=O) groups is 1. The number of aliphatic hydroxyl groups is 1. The fourth-order valence-corrected chi connectivity index (χ4v) is 7.45. The molecule has 0 saturated heterocycles. The van der Waals surface area contributed by atoms with E-state index in [9.17, 15) is 15.0 Å². The van der Waals surface area contributed by atoms with Crippen LogP contribution in [0.15, 0.2) is 11.6 Å². The predicted octanol–water partition coefficient (Wildman–Crippen LogP) is 4.16. The number of hydrogen-bond acceptors (Lipinski definition) is 2. The molecule has 3 nitrogen and oxygen atoms in total. The van der Waals surface area contributed by atoms with Crippen molar-refractivity contribution in [2.45, 2.75) is 77.7 Å². The van der Waals surface area contributed by atoms with Gasteiger partial charge in [-0.1, -0.05) is 19.4 Å². The van der Waals surface area contributed by atoms with Crippen LogP contribution >= 0.6 is 0 Å². The molecule has 0 heterocycles. The molecule has 3 heteroatoms. The molecule has 0 aromatic carbocycles. The molecular formula is C20H30O3. The second kappa shape index (κ2) is 4.41. The first kappa shape index (κ1) is 15.7. The zero-order chi connectivity index (χ0) is 16.7. The maximum atomic E-state index is 12.0. The Bertz CT molecular complexity index is 596. The van der Waals surface area contributed by atoms with Gasteiger partial charge in [-0.2, -0.15) is 0 Å². The molecule has 2 bridgehead atoms. The van der Waals surface area contributed by atoms with Gasteiger partial charge in [0.2, 0.25) is 0 Å². The number of carboxylic acid groups (broad SMARTS) is 1. The monoisotopic (exact) mass is 318 g/mol. The van der Waals surface area contributed by atoms with Crippen LogP contribution in [0.4, 0.5) is 0 Å². The highest BCUT2D eigenvalue weighted by atomic mass is 16.4. The average Bonchev–Trinajstić information content (AvgIpc) is 2.63. The number of allylic oxidation sites excluding steroid dienone is 1. The van der Waals surface area contributed by atoms with Gasteiger partial charge >= 0.3 is 5.97 Å². The quantitative estimate of drug-likeness (QED) is 0.714. The van der Waals surface area contributed by atoms with E-state index < -0.39 is 17.0 Å². The molecule has 0 unspecified atom stereocenters. The minimum atomic E-state index is -0.602. The second-order valence-electron chi connectivity index (χ2n) is 9.53. The number of carboxylic acids is 1. The number of hydrogen-bond donors (Lipinski definition) is 2. The third-order valence-corrected chi connectivity index (χ3v) is 8.56. The summed E-state index contributed by atoms with van der Waals surface area (Å²) >= 11 is 0. The third-order valence-electron chi connectivity index (χ3n) is 8.56. The van der Waals surface area contributed by atoms with Gasteiger partial charge in [-0.25, -0.2) is 0 Å². The predicted molar refractivity (Wildman–Crippen MR) is 88.9 cm³/mol. The molecule has 4 aliphatic carbocycles. The molecule has 4 rings (SSSR count). The fourth-order valence-electron chi connectivity index (χ4n) is 7.45. The van der Waals surface area contributed by atoms with E-state index in [1.54, 1.807) is 0 Å². The molecule has 1 spiro atoms. The van der Waals surface area contributed by atoms with E-state index in [2.05, 4.69) is 19.9 Å². The van der Waals surface area contributed by atoms with Crippen LogP contribution in [-0.2, 0) is 4.79 Å². The maximum Gasteiger partial charge on any atom is 0.309 e. The van der Waals surface area contributed by atoms with E-state index in [0.717, 1.165) is 51.4 Å². The molecule has 0 amide bonds. The summed E-state index contributed by atoms with van der Waals surface area (Å²) in [6, 6.07) is 0. The zero-order valence-corrected chi connectivity index (χ0v) is 14.7. The van der Waals surface area contributed by atoms with Crippen LogP contribution in [0.1, 0.15) is 72.1 Å². The van der Waals surface area contributed by atoms with Crippen LogP contribution in [0.2, 0.25) is 0 Å². The van der Waals surface area contributed by atoms with E-state index in [1.807, 2.05) is 6.92 Å². The molecular weight excluding hydrogens is 288 g/mol. The first-order chi connectivity index (χ1) is 10.7. The highest BCUT2D eigenvalue weighted by molar-refractivity contribution is 5.75. The number of fused-ring (bicyclic) bond motifs is 3. The van der Waals surface area contributed by atoms with Gasteiger partial charge in [0.1, 0.15) is 0 Å². The molecule has 4 aliphatic rings. The summed E-state index contributed by atoms with van der Waals surface area (Å²) in [7, 11) is 0. The van der Waals surface area contributed by atoms with E-state index in [1.165, 1.54) is 5.57 Å². The minimum absolute atomic E-state index is 0.103. The van der Waals surface area contributed by atoms with Crippen molar-refractivity contribution >= 4 is 5.97 Å². The van der Waals surface area contributed by atoms with Crippen molar-refractivity contribution in [3.63, 3.8) is 0 Å². The maximum absolute atomic E-state index is 12.0. The fraction of sp³-hybridized carbons (Fsp3) is 0.850. The van der Waals surface area contributed by atoms with Crippen molar-refractivity contribution in [2.24, 2.45) is 28.1 Å². The summed E-state index contributed by atoms with van der Waals surface area (Å²) in [5, 5.41) is 20.8. The first-order valence-electron chi connectivity index (χ1n) is 9.32. The van der Waals surface area contributed by atoms with Crippen LogP contribution < -0.4 is 0 Å². The van der Waals surface area contributed by atoms with Crippen LogP contribution in [0.3, 0.4) is 0 Å². The molecule has 0 aromatic heterocycles. The normalized spacial score (nSPS) is 54.9. The number of aliphatic carboxylic acids is 1. The Morgan fingerprint density at radius 1 is 1.13 bits per heavy atom. The Morgan fingerprint density at radius 3 is 2.52 bits per heavy atom. The molecule has 0 radical (unpaired) electrons. The summed E-state index contributed by atoms with van der Waals surface area (Å²) in [5.41, 5.74) is 0.244. The highest BCUT2D eigenvalue weighted by Gasteiger charge is 2.66. The lowest BCUT2D eigenvalue weighted by atomic mass is 9.41. The van der Waals surface area contributed by atoms with E-state index in [-0.39, 0.29) is 16.7 Å². The summed E-state index contributed by atoms with van der Waals surface area (Å²) in [5.74, 6) is 0.206. The summed E-state index contributed by atoms with van der Waals surface area (Å²) in [6.45, 7) is 6.45. The van der Waals surface area contributed by atoms with E-state index >= 15 is 0 Å². The zero-order valence-electron chi connectivity index (χ0n) is 14.7. The van der Waals surface area contributed by atoms with Gasteiger partial charge in [-0.3, -0.25) is 4.79 Å². The molecule has 3 saturated carbocycles. The van der Waals surface area contributed by atoms with Gasteiger partial charge < -0.3 is 10.2 Å². The van der Waals surface area contributed by atoms with Gasteiger partial charge in [-0.05, 0) is 87.0 Å². The van der Waals surface area contributed by atoms with Crippen molar-refractivity contribution < 1.29 is 15.0 Å². The lowest BCUT2D eigenvalue weighted by Crippen LogP contribution is -2.59. The van der Waals surface area contributed by atoms with Crippen LogP contribution in [0.5, 0.6) is 0 Å². The molecule has 2 N–H and O–H groups in total. The Balaban J connectivity index is 1.77. The molecule has 0 aliphatic heterocycles. The third kappa shape index (κ3) is 1.78. The first-order valence-corrected chi connectivity index (χ1v) is 9.32. The molecule has 0 aromatic rings. The highest BCUT2D eigenvalue weighted by Crippen LogP contribution is 2.71.